The summed E-state index contributed by atoms with van der Waals surface area (Å²) >= 11 is 0. The van der Waals surface area contributed by atoms with E-state index in [0.29, 0.717) is 36.4 Å². The van der Waals surface area contributed by atoms with Crippen molar-refractivity contribution in [2.75, 3.05) is 19.6 Å². The average Bonchev–Trinajstić information content (AvgIpc) is 2.64. The number of nitrogens with zero attached hydrogens (tertiary/aromatic N) is 1. The Balaban J connectivity index is 1.38. The van der Waals surface area contributed by atoms with Gasteiger partial charge in [-0.3, -0.25) is 9.69 Å². The van der Waals surface area contributed by atoms with Crippen molar-refractivity contribution in [2.24, 2.45) is 0 Å². The van der Waals surface area contributed by atoms with Crippen molar-refractivity contribution >= 4 is 17.8 Å². The molecule has 0 radical (unpaired) electrons. The number of Topliss-reactive ketones (excluding diaryl/α,β-unsaturated/α-hetero) is 1. The van der Waals surface area contributed by atoms with Crippen molar-refractivity contribution in [3.8, 4) is 5.75 Å². The largest absolute Gasteiger partial charge is 0.483 e. The molecule has 1 saturated heterocycles. The van der Waals surface area contributed by atoms with Gasteiger partial charge in [-0.15, -0.1) is 0 Å². The number of hydrogen-bond donors (Lipinski definition) is 1. The molecule has 0 atom stereocenters. The Bertz CT molecular complexity index is 946. The van der Waals surface area contributed by atoms with Crippen LogP contribution in [0.3, 0.4) is 0 Å². The molecule has 0 saturated carbocycles. The maximum atomic E-state index is 13.0. The normalized spacial score (nSPS) is 18.0. The second kappa shape index (κ2) is 7.20. The summed E-state index contributed by atoms with van der Waals surface area (Å²) in [5, 5.41) is 8.73. The highest BCUT2D eigenvalue weighted by atomic mass is 19.1. The van der Waals surface area contributed by atoms with Gasteiger partial charge < -0.3 is 9.84 Å². The zero-order valence-corrected chi connectivity index (χ0v) is 15.2. The van der Waals surface area contributed by atoms with Gasteiger partial charge in [0.1, 0.15) is 17.2 Å². The van der Waals surface area contributed by atoms with Gasteiger partial charge in [0, 0.05) is 25.7 Å². The topological polar surface area (TPSA) is 66.8 Å². The van der Waals surface area contributed by atoms with Crippen LogP contribution in [0.1, 0.15) is 27.9 Å². The third kappa shape index (κ3) is 3.82. The average molecular weight is 381 g/mol. The quantitative estimate of drug-likeness (QED) is 0.806. The van der Waals surface area contributed by atoms with Gasteiger partial charge >= 0.3 is 5.97 Å². The summed E-state index contributed by atoms with van der Waals surface area (Å²) < 4.78 is 19.1. The van der Waals surface area contributed by atoms with Crippen LogP contribution >= 0.6 is 0 Å². The molecule has 6 heteroatoms. The lowest BCUT2D eigenvalue weighted by atomic mass is 9.83. The minimum atomic E-state index is -1.03. The van der Waals surface area contributed by atoms with Gasteiger partial charge in [0.25, 0.3) is 0 Å². The number of fused-ring (bicyclic) bond motifs is 1. The molecule has 0 amide bonds. The van der Waals surface area contributed by atoms with Crippen LogP contribution in [0, 0.1) is 5.82 Å². The first-order chi connectivity index (χ1) is 13.4. The Morgan fingerprint density at radius 1 is 1.21 bits per heavy atom. The van der Waals surface area contributed by atoms with E-state index in [0.717, 1.165) is 24.6 Å². The minimum absolute atomic E-state index is 0.0185. The van der Waals surface area contributed by atoms with Crippen LogP contribution in [0.2, 0.25) is 0 Å². The maximum absolute atomic E-state index is 13.0. The van der Waals surface area contributed by atoms with Crippen LogP contribution in [0.25, 0.3) is 6.08 Å². The third-order valence-electron chi connectivity index (χ3n) is 5.19. The van der Waals surface area contributed by atoms with Gasteiger partial charge in [0.15, 0.2) is 5.78 Å². The lowest BCUT2D eigenvalue weighted by Gasteiger charge is -2.51. The number of carbonyl (C=O) groups excluding carboxylic acids is 1. The molecule has 0 bridgehead atoms. The van der Waals surface area contributed by atoms with Gasteiger partial charge in [-0.1, -0.05) is 18.2 Å². The van der Waals surface area contributed by atoms with Gasteiger partial charge in [0.2, 0.25) is 0 Å². The molecule has 2 heterocycles. The molecule has 0 aliphatic carbocycles. The molecule has 1 N–H and O–H groups in total. The van der Waals surface area contributed by atoms with Crippen LogP contribution in [0.4, 0.5) is 4.39 Å². The molecule has 0 unspecified atom stereocenters. The summed E-state index contributed by atoms with van der Waals surface area (Å²) in [6.07, 6.45) is 3.64. The number of ether oxygens (including phenoxy) is 1. The molecular formula is C22H20FNO4. The minimum Gasteiger partial charge on any atom is -0.483 e. The van der Waals surface area contributed by atoms with Crippen molar-refractivity contribution in [1.29, 1.82) is 0 Å². The molecule has 4 rings (SSSR count). The highest BCUT2D eigenvalue weighted by Gasteiger charge is 2.49. The summed E-state index contributed by atoms with van der Waals surface area (Å²) in [7, 11) is 0. The third-order valence-corrected chi connectivity index (χ3v) is 5.19. The van der Waals surface area contributed by atoms with Crippen molar-refractivity contribution in [3.63, 3.8) is 0 Å². The molecule has 5 nitrogen and oxygen atoms in total. The van der Waals surface area contributed by atoms with Gasteiger partial charge in [-0.25, -0.2) is 9.18 Å². The van der Waals surface area contributed by atoms with Crippen LogP contribution in [-0.4, -0.2) is 47.0 Å². The molecule has 28 heavy (non-hydrogen) atoms. The Morgan fingerprint density at radius 2 is 1.96 bits per heavy atom. The highest BCUT2D eigenvalue weighted by Crippen LogP contribution is 2.39. The molecule has 2 aromatic carbocycles. The fourth-order valence-electron chi connectivity index (χ4n) is 3.82. The Hall–Kier alpha value is -2.99. The van der Waals surface area contributed by atoms with E-state index in [2.05, 4.69) is 4.90 Å². The number of carboxylic acids is 1. The second-order valence-electron chi connectivity index (χ2n) is 7.40. The number of halogens is 1. The van der Waals surface area contributed by atoms with E-state index < -0.39 is 11.6 Å². The van der Waals surface area contributed by atoms with E-state index in [1.165, 1.54) is 18.2 Å². The summed E-state index contributed by atoms with van der Waals surface area (Å²) in [5.74, 6) is -0.692. The summed E-state index contributed by atoms with van der Waals surface area (Å²) in [4.78, 5) is 25.5. The van der Waals surface area contributed by atoms with Crippen LogP contribution in [0.15, 0.2) is 48.5 Å². The van der Waals surface area contributed by atoms with E-state index in [1.807, 2.05) is 0 Å². The Labute approximate surface area is 162 Å². The second-order valence-corrected chi connectivity index (χ2v) is 7.40. The Kier molecular flexibility index (Phi) is 4.73. The molecule has 2 aliphatic rings. The van der Waals surface area contributed by atoms with E-state index in [9.17, 15) is 14.0 Å². The lowest BCUT2D eigenvalue weighted by molar-refractivity contribution is -0.131. The Morgan fingerprint density at radius 3 is 2.68 bits per heavy atom. The van der Waals surface area contributed by atoms with E-state index in [1.54, 1.807) is 30.3 Å². The number of carbonyl (C=O) groups is 2. The number of benzene rings is 2. The molecule has 144 valence electrons. The summed E-state index contributed by atoms with van der Waals surface area (Å²) in [6, 6.07) is 11.7. The van der Waals surface area contributed by atoms with Crippen molar-refractivity contribution in [3.05, 3.63) is 71.0 Å². The maximum Gasteiger partial charge on any atom is 0.328 e. The first-order valence-electron chi connectivity index (χ1n) is 9.17. The smallest absolute Gasteiger partial charge is 0.328 e. The van der Waals surface area contributed by atoms with Crippen molar-refractivity contribution in [1.82, 2.24) is 4.90 Å². The molecule has 1 fully saturated rings. The molecule has 1 spiro atoms. The highest BCUT2D eigenvalue weighted by molar-refractivity contribution is 6.01. The molecule has 2 aromatic rings. The first-order valence-corrected chi connectivity index (χ1v) is 9.17. The van der Waals surface area contributed by atoms with E-state index in [4.69, 9.17) is 9.84 Å². The molecule has 0 aromatic heterocycles. The number of rotatable bonds is 5. The van der Waals surface area contributed by atoms with Crippen LogP contribution < -0.4 is 4.74 Å². The first kappa shape index (κ1) is 18.4. The number of hydrogen-bond acceptors (Lipinski definition) is 4. The number of ketones is 1. The van der Waals surface area contributed by atoms with Gasteiger partial charge in [-0.05, 0) is 47.9 Å². The standard InChI is InChI=1S/C22H20FNO4/c23-17-5-1-15(2-6-17)9-10-24-13-22(14-24)12-19(25)18-11-16(4-8-21(26)27)3-7-20(18)28-22/h1-8,11H,9-10,12-14H2,(H,26,27). The summed E-state index contributed by atoms with van der Waals surface area (Å²) in [6.45, 7) is 2.19. The SMILES string of the molecule is O=C(O)C=Cc1ccc2c(c1)C(=O)CC1(CN(CCc3ccc(F)cc3)C1)O2. The zero-order chi connectivity index (χ0) is 19.7. The van der Waals surface area contributed by atoms with Crippen molar-refractivity contribution in [2.45, 2.75) is 18.4 Å². The number of likely N-dealkylation sites (tertiary alicyclic amines) is 1. The van der Waals surface area contributed by atoms with Crippen molar-refractivity contribution < 1.29 is 23.8 Å². The van der Waals surface area contributed by atoms with Gasteiger partial charge in [-0.2, -0.15) is 0 Å². The number of aliphatic carboxylic acids is 1. The van der Waals surface area contributed by atoms with Crippen LogP contribution in [0.5, 0.6) is 5.75 Å². The van der Waals surface area contributed by atoms with E-state index >= 15 is 0 Å². The number of carboxylic acid groups (broad SMARTS) is 1. The molecular weight excluding hydrogens is 361 g/mol. The zero-order valence-electron chi connectivity index (χ0n) is 15.2. The fourth-order valence-corrected chi connectivity index (χ4v) is 3.82. The fraction of sp³-hybridized carbons (Fsp3) is 0.273. The monoisotopic (exact) mass is 381 g/mol. The predicted molar refractivity (Wildman–Crippen MR) is 102 cm³/mol. The summed E-state index contributed by atoms with van der Waals surface area (Å²) in [5.41, 5.74) is 1.76. The van der Waals surface area contributed by atoms with Crippen LogP contribution in [-0.2, 0) is 11.2 Å². The molecule has 2 aliphatic heterocycles. The van der Waals surface area contributed by atoms with E-state index in [-0.39, 0.29) is 11.6 Å². The van der Waals surface area contributed by atoms with Gasteiger partial charge in [0.05, 0.1) is 12.0 Å². The predicted octanol–water partition coefficient (Wildman–Crippen LogP) is 3.19. The lowest BCUT2D eigenvalue weighted by Crippen LogP contribution is -2.67.